The molecule has 3 aromatic rings. The van der Waals surface area contributed by atoms with E-state index in [2.05, 4.69) is 22.0 Å². The van der Waals surface area contributed by atoms with E-state index in [4.69, 9.17) is 19.6 Å². The summed E-state index contributed by atoms with van der Waals surface area (Å²) in [4.78, 5) is 17.6. The third kappa shape index (κ3) is 5.03. The smallest absolute Gasteiger partial charge is 0.251 e. The molecule has 3 fully saturated rings. The fourth-order valence-electron chi connectivity index (χ4n) is 5.00. The summed E-state index contributed by atoms with van der Waals surface area (Å²) in [5.41, 5.74) is 4.38. The largest absolute Gasteiger partial charge is 0.381 e. The van der Waals surface area contributed by atoms with Crippen LogP contribution in [0.1, 0.15) is 48.0 Å². The lowest BCUT2D eigenvalue weighted by Gasteiger charge is -2.23. The average Bonchev–Trinajstić information content (AvgIpc) is 3.36. The summed E-state index contributed by atoms with van der Waals surface area (Å²) in [5, 5.41) is 15.0. The van der Waals surface area contributed by atoms with Crippen LogP contribution in [0.2, 0.25) is 0 Å². The molecule has 0 unspecified atom stereocenters. The molecule has 2 saturated heterocycles. The van der Waals surface area contributed by atoms with Crippen LogP contribution in [0.15, 0.2) is 30.5 Å². The van der Waals surface area contributed by atoms with Gasteiger partial charge in [-0.15, -0.1) is 0 Å². The molecule has 1 atom stereocenters. The fourth-order valence-corrected chi connectivity index (χ4v) is 5.00. The number of ether oxygens (including phenoxy) is 2. The Labute approximate surface area is 211 Å². The Morgan fingerprint density at radius 2 is 1.89 bits per heavy atom. The van der Waals surface area contributed by atoms with E-state index in [1.54, 1.807) is 0 Å². The number of nitrogens with one attached hydrogen (secondary N) is 3. The SMILES string of the molecule is Cc1cc(-c2cnn3c(NCC4CCOCC4)cc(N[C@@H]4CCOC4)nc23)ccc1C(=O)NC1CC1. The number of aryl methyl sites for hydroxylation is 1. The summed E-state index contributed by atoms with van der Waals surface area (Å²) >= 11 is 0. The molecule has 1 amide bonds. The van der Waals surface area contributed by atoms with Gasteiger partial charge in [-0.1, -0.05) is 12.1 Å². The molecule has 0 radical (unpaired) electrons. The maximum absolute atomic E-state index is 12.6. The lowest BCUT2D eigenvalue weighted by atomic mass is 10.0. The van der Waals surface area contributed by atoms with Crippen LogP contribution in [-0.2, 0) is 9.47 Å². The first-order chi connectivity index (χ1) is 17.6. The Balaban J connectivity index is 1.31. The van der Waals surface area contributed by atoms with Crippen LogP contribution in [0.3, 0.4) is 0 Å². The molecule has 1 aromatic carbocycles. The average molecular weight is 491 g/mol. The number of hydrogen-bond acceptors (Lipinski definition) is 7. The highest BCUT2D eigenvalue weighted by Gasteiger charge is 2.25. The lowest BCUT2D eigenvalue weighted by Crippen LogP contribution is -2.26. The number of nitrogens with zero attached hydrogens (tertiary/aromatic N) is 3. The zero-order valence-corrected chi connectivity index (χ0v) is 20.8. The van der Waals surface area contributed by atoms with Gasteiger partial charge in [0, 0.05) is 49.6 Å². The number of amides is 1. The number of aromatic nitrogens is 3. The van der Waals surface area contributed by atoms with Crippen LogP contribution in [0.4, 0.5) is 11.6 Å². The van der Waals surface area contributed by atoms with Crippen LogP contribution in [-0.4, -0.2) is 65.6 Å². The Morgan fingerprint density at radius 3 is 2.64 bits per heavy atom. The molecule has 6 rings (SSSR count). The highest BCUT2D eigenvalue weighted by Crippen LogP contribution is 2.30. The first-order valence-electron chi connectivity index (χ1n) is 13.1. The van der Waals surface area contributed by atoms with Crippen molar-refractivity contribution in [1.29, 1.82) is 0 Å². The second kappa shape index (κ2) is 10.1. The monoisotopic (exact) mass is 490 g/mol. The molecule has 9 heteroatoms. The zero-order valence-electron chi connectivity index (χ0n) is 20.8. The first-order valence-corrected chi connectivity index (χ1v) is 13.1. The van der Waals surface area contributed by atoms with Gasteiger partial charge in [-0.25, -0.2) is 4.98 Å². The number of carbonyl (C=O) groups excluding carboxylic acids is 1. The molecule has 36 heavy (non-hydrogen) atoms. The van der Waals surface area contributed by atoms with E-state index in [0.29, 0.717) is 18.6 Å². The molecule has 3 aliphatic rings. The summed E-state index contributed by atoms with van der Waals surface area (Å²) in [6, 6.07) is 8.59. The van der Waals surface area contributed by atoms with Gasteiger partial charge in [0.05, 0.1) is 18.8 Å². The molecular weight excluding hydrogens is 456 g/mol. The highest BCUT2D eigenvalue weighted by atomic mass is 16.5. The number of hydrogen-bond donors (Lipinski definition) is 3. The number of anilines is 2. The molecule has 2 aromatic heterocycles. The summed E-state index contributed by atoms with van der Waals surface area (Å²) < 4.78 is 13.0. The summed E-state index contributed by atoms with van der Waals surface area (Å²) in [5.74, 6) is 2.31. The van der Waals surface area contributed by atoms with Crippen molar-refractivity contribution in [2.45, 2.75) is 51.1 Å². The molecule has 9 nitrogen and oxygen atoms in total. The summed E-state index contributed by atoms with van der Waals surface area (Å²) in [6.07, 6.45) is 7.11. The number of benzene rings is 1. The van der Waals surface area contributed by atoms with E-state index in [1.165, 1.54) is 0 Å². The van der Waals surface area contributed by atoms with Crippen molar-refractivity contribution in [2.75, 3.05) is 43.6 Å². The minimum atomic E-state index is 0.00408. The van der Waals surface area contributed by atoms with Crippen molar-refractivity contribution >= 4 is 23.2 Å². The van der Waals surface area contributed by atoms with Crippen molar-refractivity contribution in [2.24, 2.45) is 5.92 Å². The van der Waals surface area contributed by atoms with Crippen molar-refractivity contribution in [1.82, 2.24) is 19.9 Å². The summed E-state index contributed by atoms with van der Waals surface area (Å²) in [7, 11) is 0. The number of fused-ring (bicyclic) bond motifs is 1. The van der Waals surface area contributed by atoms with E-state index in [1.807, 2.05) is 35.8 Å². The van der Waals surface area contributed by atoms with Crippen LogP contribution < -0.4 is 16.0 Å². The normalized spacial score (nSPS) is 20.5. The third-order valence-corrected chi connectivity index (χ3v) is 7.36. The molecular formula is C27H34N6O3. The predicted octanol–water partition coefficient (Wildman–Crippen LogP) is 3.64. The van der Waals surface area contributed by atoms with Gasteiger partial charge in [0.1, 0.15) is 11.6 Å². The molecule has 3 N–H and O–H groups in total. The Bertz CT molecular complexity index is 1240. The Hall–Kier alpha value is -3.17. The van der Waals surface area contributed by atoms with Crippen LogP contribution in [0.5, 0.6) is 0 Å². The van der Waals surface area contributed by atoms with E-state index < -0.39 is 0 Å². The first kappa shape index (κ1) is 23.2. The second-order valence-corrected chi connectivity index (χ2v) is 10.2. The van der Waals surface area contributed by atoms with E-state index in [0.717, 1.165) is 98.0 Å². The van der Waals surface area contributed by atoms with Gasteiger partial charge in [0.15, 0.2) is 5.65 Å². The van der Waals surface area contributed by atoms with Crippen LogP contribution in [0, 0.1) is 12.8 Å². The molecule has 2 aliphatic heterocycles. The van der Waals surface area contributed by atoms with Gasteiger partial charge in [0.2, 0.25) is 0 Å². The molecule has 0 bridgehead atoms. The van der Waals surface area contributed by atoms with Gasteiger partial charge >= 0.3 is 0 Å². The second-order valence-electron chi connectivity index (χ2n) is 10.2. The van der Waals surface area contributed by atoms with Crippen LogP contribution >= 0.6 is 0 Å². The molecule has 0 spiro atoms. The standard InChI is InChI=1S/C27H34N6O3/c1-17-12-19(2-5-22(17)27(34)31-20-3-4-20)23-15-29-33-25(28-14-18-6-9-35-10-7-18)13-24(32-26(23)33)30-21-8-11-36-16-21/h2,5,12-13,15,18,20-21,28H,3-4,6-11,14,16H2,1H3,(H,30,32)(H,31,34)/t21-/m1/s1. The topological polar surface area (TPSA) is 102 Å². The van der Waals surface area contributed by atoms with Crippen molar-refractivity contribution in [3.05, 3.63) is 41.6 Å². The van der Waals surface area contributed by atoms with E-state index in [9.17, 15) is 4.79 Å². The van der Waals surface area contributed by atoms with Gasteiger partial charge < -0.3 is 25.4 Å². The highest BCUT2D eigenvalue weighted by molar-refractivity contribution is 5.97. The van der Waals surface area contributed by atoms with Gasteiger partial charge in [-0.05, 0) is 62.1 Å². The van der Waals surface area contributed by atoms with Gasteiger partial charge in [-0.3, -0.25) is 4.79 Å². The van der Waals surface area contributed by atoms with Crippen molar-refractivity contribution in [3.8, 4) is 11.1 Å². The summed E-state index contributed by atoms with van der Waals surface area (Å²) in [6.45, 7) is 5.96. The maximum Gasteiger partial charge on any atom is 0.251 e. The number of carbonyl (C=O) groups is 1. The van der Waals surface area contributed by atoms with Gasteiger partial charge in [-0.2, -0.15) is 9.61 Å². The van der Waals surface area contributed by atoms with Crippen LogP contribution in [0.25, 0.3) is 16.8 Å². The Kier molecular flexibility index (Phi) is 6.50. The van der Waals surface area contributed by atoms with E-state index in [-0.39, 0.29) is 11.9 Å². The van der Waals surface area contributed by atoms with E-state index >= 15 is 0 Å². The minimum absolute atomic E-state index is 0.00408. The quantitative estimate of drug-likeness (QED) is 0.443. The minimum Gasteiger partial charge on any atom is -0.381 e. The molecule has 1 saturated carbocycles. The van der Waals surface area contributed by atoms with Gasteiger partial charge in [0.25, 0.3) is 5.91 Å². The predicted molar refractivity (Wildman–Crippen MR) is 139 cm³/mol. The number of rotatable bonds is 8. The zero-order chi connectivity index (χ0) is 24.5. The Morgan fingerprint density at radius 1 is 1.06 bits per heavy atom. The maximum atomic E-state index is 12.6. The van der Waals surface area contributed by atoms with Crippen molar-refractivity contribution < 1.29 is 14.3 Å². The van der Waals surface area contributed by atoms with Crippen molar-refractivity contribution in [3.63, 3.8) is 0 Å². The molecule has 1 aliphatic carbocycles. The molecule has 4 heterocycles. The lowest BCUT2D eigenvalue weighted by molar-refractivity contribution is 0.0699. The molecule has 190 valence electrons. The fraction of sp³-hybridized carbons (Fsp3) is 0.519. The third-order valence-electron chi connectivity index (χ3n) is 7.36.